The van der Waals surface area contributed by atoms with E-state index in [0.29, 0.717) is 22.9 Å². The average Bonchev–Trinajstić information content (AvgIpc) is 3.38. The van der Waals surface area contributed by atoms with Gasteiger partial charge in [-0.05, 0) is 48.4 Å². The van der Waals surface area contributed by atoms with Gasteiger partial charge in [0.25, 0.3) is 0 Å². The number of pyridine rings is 1. The van der Waals surface area contributed by atoms with Crippen LogP contribution in [0.3, 0.4) is 0 Å². The van der Waals surface area contributed by atoms with Crippen LogP contribution in [0.5, 0.6) is 0 Å². The summed E-state index contributed by atoms with van der Waals surface area (Å²) in [6, 6.07) is 10.3. The molecule has 30 heavy (non-hydrogen) atoms. The molecule has 1 atom stereocenters. The van der Waals surface area contributed by atoms with Crippen LogP contribution in [-0.2, 0) is 6.42 Å². The highest BCUT2D eigenvalue weighted by atomic mass is 19.1. The van der Waals surface area contributed by atoms with E-state index in [9.17, 15) is 4.39 Å². The van der Waals surface area contributed by atoms with E-state index in [-0.39, 0.29) is 6.04 Å². The lowest BCUT2D eigenvalue weighted by atomic mass is 9.88. The molecule has 1 N–H and O–H groups in total. The van der Waals surface area contributed by atoms with Gasteiger partial charge in [-0.3, -0.25) is 4.98 Å². The predicted molar refractivity (Wildman–Crippen MR) is 112 cm³/mol. The van der Waals surface area contributed by atoms with Crippen molar-refractivity contribution in [1.29, 1.82) is 0 Å². The number of allylic oxidation sites excluding steroid dienone is 1. The molecule has 0 aliphatic heterocycles. The Morgan fingerprint density at radius 1 is 1.17 bits per heavy atom. The summed E-state index contributed by atoms with van der Waals surface area (Å²) in [5, 5.41) is 8.07. The molecule has 1 aromatic carbocycles. The van der Waals surface area contributed by atoms with Crippen LogP contribution in [0, 0.1) is 5.82 Å². The summed E-state index contributed by atoms with van der Waals surface area (Å²) in [7, 11) is 0. The Morgan fingerprint density at radius 2 is 2.10 bits per heavy atom. The number of aromatic nitrogens is 5. The molecule has 0 bridgehead atoms. The normalized spacial score (nSPS) is 17.8. The van der Waals surface area contributed by atoms with Gasteiger partial charge in [0.2, 0.25) is 0 Å². The lowest BCUT2D eigenvalue weighted by molar-refractivity contribution is 0.621. The first-order valence-electron chi connectivity index (χ1n) is 10.1. The Bertz CT molecular complexity index is 1310. The first kappa shape index (κ1) is 17.3. The molecule has 0 saturated heterocycles. The van der Waals surface area contributed by atoms with Crippen LogP contribution in [0.1, 0.15) is 30.4 Å². The van der Waals surface area contributed by atoms with Crippen LogP contribution in [0.4, 0.5) is 10.2 Å². The fourth-order valence-electron chi connectivity index (χ4n) is 4.58. The highest BCUT2D eigenvalue weighted by Crippen LogP contribution is 2.42. The van der Waals surface area contributed by atoms with Crippen molar-refractivity contribution in [3.8, 4) is 11.4 Å². The molecule has 0 saturated carbocycles. The Morgan fingerprint density at radius 3 is 3.03 bits per heavy atom. The van der Waals surface area contributed by atoms with Crippen LogP contribution in [0.2, 0.25) is 0 Å². The van der Waals surface area contributed by atoms with Crippen molar-refractivity contribution in [3.63, 3.8) is 0 Å². The van der Waals surface area contributed by atoms with Crippen LogP contribution in [0.15, 0.2) is 60.7 Å². The molecule has 0 spiro atoms. The maximum atomic E-state index is 13.7. The van der Waals surface area contributed by atoms with E-state index in [1.54, 1.807) is 28.7 Å². The number of nitrogens with zero attached hydrogens (tertiary/aromatic N) is 5. The number of anilines is 1. The third-order valence-corrected chi connectivity index (χ3v) is 5.98. The smallest absolute Gasteiger partial charge is 0.196 e. The third-order valence-electron chi connectivity index (χ3n) is 5.98. The zero-order valence-electron chi connectivity index (χ0n) is 16.2. The molecule has 7 heteroatoms. The number of hydrogen-bond donors (Lipinski definition) is 1. The molecular weight excluding hydrogens is 379 g/mol. The van der Waals surface area contributed by atoms with E-state index in [0.717, 1.165) is 25.7 Å². The van der Waals surface area contributed by atoms with Crippen molar-refractivity contribution in [3.05, 3.63) is 77.6 Å². The summed E-state index contributed by atoms with van der Waals surface area (Å²) in [6.45, 7) is 0. The van der Waals surface area contributed by atoms with Gasteiger partial charge in [0, 0.05) is 30.2 Å². The zero-order valence-corrected chi connectivity index (χ0v) is 16.2. The fraction of sp³-hybridized carbons (Fsp3) is 0.217. The fourth-order valence-corrected chi connectivity index (χ4v) is 4.58. The second-order valence-electron chi connectivity index (χ2n) is 7.87. The van der Waals surface area contributed by atoms with Crippen LogP contribution in [-0.4, -0.2) is 30.6 Å². The number of nitrogens with one attached hydrogen (secondary N) is 1. The summed E-state index contributed by atoms with van der Waals surface area (Å²) >= 11 is 0. The average molecular weight is 398 g/mol. The molecule has 3 aromatic heterocycles. The van der Waals surface area contributed by atoms with Crippen molar-refractivity contribution < 1.29 is 4.39 Å². The van der Waals surface area contributed by atoms with Gasteiger partial charge in [0.05, 0.1) is 6.20 Å². The largest absolute Gasteiger partial charge is 0.364 e. The lowest BCUT2D eigenvalue weighted by Gasteiger charge is -2.26. The van der Waals surface area contributed by atoms with Gasteiger partial charge in [0.15, 0.2) is 17.3 Å². The van der Waals surface area contributed by atoms with Crippen molar-refractivity contribution in [1.82, 2.24) is 24.6 Å². The van der Waals surface area contributed by atoms with Gasteiger partial charge in [-0.15, -0.1) is 5.10 Å². The molecule has 148 valence electrons. The molecule has 6 rings (SSSR count). The summed E-state index contributed by atoms with van der Waals surface area (Å²) in [6.07, 6.45) is 10.4. The van der Waals surface area contributed by atoms with Crippen molar-refractivity contribution in [2.45, 2.75) is 31.7 Å². The maximum absolute atomic E-state index is 13.7. The molecular formula is C23H19FN6. The van der Waals surface area contributed by atoms with Gasteiger partial charge in [-0.25, -0.2) is 18.9 Å². The summed E-state index contributed by atoms with van der Waals surface area (Å²) < 4.78 is 15.3. The number of rotatable bonds is 3. The van der Waals surface area contributed by atoms with E-state index in [2.05, 4.69) is 49.6 Å². The van der Waals surface area contributed by atoms with E-state index < -0.39 is 5.82 Å². The van der Waals surface area contributed by atoms with E-state index in [4.69, 9.17) is 0 Å². The molecule has 0 fully saturated rings. The molecule has 0 radical (unpaired) electrons. The Kier molecular flexibility index (Phi) is 3.87. The van der Waals surface area contributed by atoms with Gasteiger partial charge >= 0.3 is 0 Å². The Labute approximate surface area is 172 Å². The summed E-state index contributed by atoms with van der Waals surface area (Å²) in [5.41, 5.74) is 7.05. The quantitative estimate of drug-likeness (QED) is 0.557. The number of fused-ring (bicyclic) bond motifs is 3. The molecule has 0 amide bonds. The van der Waals surface area contributed by atoms with Crippen molar-refractivity contribution >= 4 is 17.0 Å². The van der Waals surface area contributed by atoms with E-state index >= 15 is 0 Å². The topological polar surface area (TPSA) is 68.0 Å². The van der Waals surface area contributed by atoms with Crippen LogP contribution in [0.25, 0.3) is 22.6 Å². The monoisotopic (exact) mass is 398 g/mol. The number of benzene rings is 1. The van der Waals surface area contributed by atoms with Gasteiger partial charge < -0.3 is 5.32 Å². The van der Waals surface area contributed by atoms with Crippen LogP contribution < -0.4 is 5.32 Å². The molecule has 0 unspecified atom stereocenters. The zero-order chi connectivity index (χ0) is 20.1. The number of imidazole rings is 1. The van der Waals surface area contributed by atoms with Crippen molar-refractivity contribution in [2.24, 2.45) is 0 Å². The van der Waals surface area contributed by atoms with Gasteiger partial charge in [0.1, 0.15) is 5.82 Å². The molecule has 3 heterocycles. The highest BCUT2D eigenvalue weighted by molar-refractivity contribution is 5.78. The standard InChI is InChI=1S/C23H19FN6/c24-17-10-16(12-25-13-17)21-28-22(23-26-7-8-30(23)29-21)27-18-6-5-15-9-14-3-1-2-4-19(14)20(15)11-18/h1-4,7-8,10,12-13,18H,5-6,9,11H2,(H,27,28,29)/t18-/m1/s1. The maximum Gasteiger partial charge on any atom is 0.196 e. The molecule has 4 aromatic rings. The second-order valence-corrected chi connectivity index (χ2v) is 7.87. The lowest BCUT2D eigenvalue weighted by Crippen LogP contribution is -2.24. The highest BCUT2D eigenvalue weighted by Gasteiger charge is 2.28. The van der Waals surface area contributed by atoms with E-state index in [1.165, 1.54) is 29.0 Å². The second kappa shape index (κ2) is 6.73. The molecule has 2 aliphatic rings. The Hall–Kier alpha value is -3.61. The molecule has 6 nitrogen and oxygen atoms in total. The summed E-state index contributed by atoms with van der Waals surface area (Å²) in [4.78, 5) is 13.0. The predicted octanol–water partition coefficient (Wildman–Crippen LogP) is 4.30. The minimum atomic E-state index is -0.414. The minimum absolute atomic E-state index is 0.254. The SMILES string of the molecule is Fc1cncc(-c2nc(N[C@@H]3CCC4=C(C3)c3ccccc3C4)c3nccn3n2)c1. The van der Waals surface area contributed by atoms with Crippen LogP contribution >= 0.6 is 0 Å². The summed E-state index contributed by atoms with van der Waals surface area (Å²) in [5.74, 6) is 0.662. The number of halogens is 1. The number of hydrogen-bond acceptors (Lipinski definition) is 5. The van der Waals surface area contributed by atoms with Gasteiger partial charge in [-0.1, -0.05) is 29.8 Å². The third kappa shape index (κ3) is 2.85. The first-order valence-corrected chi connectivity index (χ1v) is 10.1. The van der Waals surface area contributed by atoms with Crippen molar-refractivity contribution in [2.75, 3.05) is 5.32 Å². The Balaban J connectivity index is 1.34. The first-order chi connectivity index (χ1) is 14.7. The minimum Gasteiger partial charge on any atom is -0.364 e. The molecule has 2 aliphatic carbocycles. The van der Waals surface area contributed by atoms with Gasteiger partial charge in [-0.2, -0.15) is 0 Å². The van der Waals surface area contributed by atoms with E-state index in [1.807, 2.05) is 0 Å².